The van der Waals surface area contributed by atoms with Gasteiger partial charge in [-0.1, -0.05) is 47.0 Å². The molecule has 4 unspecified atom stereocenters. The van der Waals surface area contributed by atoms with Crippen molar-refractivity contribution in [3.63, 3.8) is 0 Å². The fourth-order valence-electron chi connectivity index (χ4n) is 5.09. The van der Waals surface area contributed by atoms with E-state index in [0.717, 1.165) is 31.6 Å². The van der Waals surface area contributed by atoms with E-state index in [9.17, 15) is 5.11 Å². The molecular formula is C17H33NO. The SMILES string of the molecule is CC1CCC(CN)(C2(O)CCCCC2C(C)(C)C)C1. The zero-order valence-corrected chi connectivity index (χ0v) is 13.3. The van der Waals surface area contributed by atoms with E-state index in [1.807, 2.05) is 0 Å². The highest BCUT2D eigenvalue weighted by Crippen LogP contribution is 2.58. The topological polar surface area (TPSA) is 46.2 Å². The third kappa shape index (κ3) is 2.47. The minimum atomic E-state index is -0.539. The van der Waals surface area contributed by atoms with Gasteiger partial charge < -0.3 is 10.8 Å². The molecular weight excluding hydrogens is 234 g/mol. The molecule has 2 heteroatoms. The van der Waals surface area contributed by atoms with Crippen LogP contribution in [0, 0.1) is 22.7 Å². The lowest BCUT2D eigenvalue weighted by atomic mass is 9.53. The summed E-state index contributed by atoms with van der Waals surface area (Å²) < 4.78 is 0. The summed E-state index contributed by atoms with van der Waals surface area (Å²) in [5.74, 6) is 1.11. The lowest BCUT2D eigenvalue weighted by molar-refractivity contribution is -0.171. The third-order valence-corrected chi connectivity index (χ3v) is 6.09. The van der Waals surface area contributed by atoms with Crippen LogP contribution in [0.4, 0.5) is 0 Å². The highest BCUT2D eigenvalue weighted by molar-refractivity contribution is 5.09. The molecule has 112 valence electrons. The Morgan fingerprint density at radius 3 is 2.32 bits per heavy atom. The quantitative estimate of drug-likeness (QED) is 0.801. The Labute approximate surface area is 119 Å². The zero-order chi connectivity index (χ0) is 14.3. The Balaban J connectivity index is 2.36. The first kappa shape index (κ1) is 15.3. The molecule has 0 amide bonds. The van der Waals surface area contributed by atoms with Crippen molar-refractivity contribution >= 4 is 0 Å². The van der Waals surface area contributed by atoms with Gasteiger partial charge in [-0.15, -0.1) is 0 Å². The second-order valence-corrected chi connectivity index (χ2v) is 8.42. The molecule has 2 saturated carbocycles. The van der Waals surface area contributed by atoms with Crippen molar-refractivity contribution in [2.24, 2.45) is 28.4 Å². The van der Waals surface area contributed by atoms with Crippen molar-refractivity contribution in [2.75, 3.05) is 6.54 Å². The molecule has 0 aromatic carbocycles. The van der Waals surface area contributed by atoms with Crippen LogP contribution in [0.25, 0.3) is 0 Å². The van der Waals surface area contributed by atoms with Crippen LogP contribution in [-0.2, 0) is 0 Å². The maximum atomic E-state index is 11.7. The molecule has 2 fully saturated rings. The van der Waals surface area contributed by atoms with E-state index >= 15 is 0 Å². The highest BCUT2D eigenvalue weighted by atomic mass is 16.3. The van der Waals surface area contributed by atoms with Crippen LogP contribution < -0.4 is 5.73 Å². The average Bonchev–Trinajstić information content (AvgIpc) is 2.71. The number of aliphatic hydroxyl groups is 1. The predicted molar refractivity (Wildman–Crippen MR) is 80.9 cm³/mol. The molecule has 0 aromatic heterocycles. The fourth-order valence-corrected chi connectivity index (χ4v) is 5.09. The van der Waals surface area contributed by atoms with Gasteiger partial charge >= 0.3 is 0 Å². The first-order chi connectivity index (χ1) is 8.75. The van der Waals surface area contributed by atoms with Crippen molar-refractivity contribution in [3.05, 3.63) is 0 Å². The minimum Gasteiger partial charge on any atom is -0.389 e. The molecule has 3 N–H and O–H groups in total. The van der Waals surface area contributed by atoms with Gasteiger partial charge in [0.2, 0.25) is 0 Å². The molecule has 4 atom stereocenters. The van der Waals surface area contributed by atoms with Gasteiger partial charge in [-0.25, -0.2) is 0 Å². The summed E-state index contributed by atoms with van der Waals surface area (Å²) in [6.45, 7) is 9.83. The van der Waals surface area contributed by atoms with Crippen molar-refractivity contribution < 1.29 is 5.11 Å². The van der Waals surface area contributed by atoms with E-state index in [1.54, 1.807) is 0 Å². The predicted octanol–water partition coefficient (Wildman–Crippen LogP) is 3.72. The molecule has 2 aliphatic carbocycles. The molecule has 0 heterocycles. The summed E-state index contributed by atoms with van der Waals surface area (Å²) in [5.41, 5.74) is 5.80. The van der Waals surface area contributed by atoms with Gasteiger partial charge in [-0.3, -0.25) is 0 Å². The summed E-state index contributed by atoms with van der Waals surface area (Å²) in [5, 5.41) is 11.7. The fraction of sp³-hybridized carbons (Fsp3) is 1.00. The molecule has 0 spiro atoms. The Hall–Kier alpha value is -0.0800. The van der Waals surface area contributed by atoms with Crippen molar-refractivity contribution in [1.82, 2.24) is 0 Å². The van der Waals surface area contributed by atoms with Crippen LogP contribution in [-0.4, -0.2) is 17.3 Å². The van der Waals surface area contributed by atoms with Gasteiger partial charge in [-0.05, 0) is 42.9 Å². The number of rotatable bonds is 2. The van der Waals surface area contributed by atoms with E-state index in [4.69, 9.17) is 5.73 Å². The number of hydrogen-bond donors (Lipinski definition) is 2. The third-order valence-electron chi connectivity index (χ3n) is 6.09. The summed E-state index contributed by atoms with van der Waals surface area (Å²) >= 11 is 0. The molecule has 0 saturated heterocycles. The Morgan fingerprint density at radius 1 is 1.16 bits per heavy atom. The normalized spacial score (nSPS) is 44.5. The highest BCUT2D eigenvalue weighted by Gasteiger charge is 2.58. The Morgan fingerprint density at radius 2 is 1.84 bits per heavy atom. The lowest BCUT2D eigenvalue weighted by Crippen LogP contribution is -2.60. The smallest absolute Gasteiger partial charge is 0.0748 e. The number of hydrogen-bond acceptors (Lipinski definition) is 2. The Kier molecular flexibility index (Phi) is 4.06. The Bertz CT molecular complexity index is 322. The maximum absolute atomic E-state index is 11.7. The van der Waals surface area contributed by atoms with Crippen LogP contribution in [0.1, 0.15) is 72.6 Å². The van der Waals surface area contributed by atoms with E-state index in [1.165, 1.54) is 19.3 Å². The van der Waals surface area contributed by atoms with Gasteiger partial charge in [0.1, 0.15) is 0 Å². The minimum absolute atomic E-state index is 0.0230. The van der Waals surface area contributed by atoms with Gasteiger partial charge in [0.25, 0.3) is 0 Å². The summed E-state index contributed by atoms with van der Waals surface area (Å²) in [4.78, 5) is 0. The first-order valence-electron chi connectivity index (χ1n) is 8.18. The van der Waals surface area contributed by atoms with Crippen LogP contribution in [0.15, 0.2) is 0 Å². The second-order valence-electron chi connectivity index (χ2n) is 8.42. The molecule has 0 radical (unpaired) electrons. The van der Waals surface area contributed by atoms with E-state index < -0.39 is 5.60 Å². The summed E-state index contributed by atoms with van der Waals surface area (Å²) in [6, 6.07) is 0. The summed E-state index contributed by atoms with van der Waals surface area (Å²) in [6.07, 6.45) is 8.02. The van der Waals surface area contributed by atoms with Crippen molar-refractivity contribution in [3.8, 4) is 0 Å². The van der Waals surface area contributed by atoms with Gasteiger partial charge in [0.05, 0.1) is 5.60 Å². The molecule has 2 rings (SSSR count). The average molecular weight is 267 g/mol. The molecule has 2 aliphatic rings. The van der Waals surface area contributed by atoms with Crippen molar-refractivity contribution in [1.29, 1.82) is 0 Å². The summed E-state index contributed by atoms with van der Waals surface area (Å²) in [7, 11) is 0. The maximum Gasteiger partial charge on any atom is 0.0748 e. The van der Waals surface area contributed by atoms with E-state index in [2.05, 4.69) is 27.7 Å². The number of nitrogens with two attached hydrogens (primary N) is 1. The van der Waals surface area contributed by atoms with E-state index in [0.29, 0.717) is 12.5 Å². The van der Waals surface area contributed by atoms with E-state index in [-0.39, 0.29) is 10.8 Å². The van der Waals surface area contributed by atoms with Crippen LogP contribution in [0.2, 0.25) is 0 Å². The zero-order valence-electron chi connectivity index (χ0n) is 13.3. The first-order valence-corrected chi connectivity index (χ1v) is 8.18. The molecule has 0 aliphatic heterocycles. The second kappa shape index (κ2) is 5.04. The molecule has 0 aromatic rings. The van der Waals surface area contributed by atoms with Crippen molar-refractivity contribution in [2.45, 2.75) is 78.2 Å². The van der Waals surface area contributed by atoms with Crippen LogP contribution >= 0.6 is 0 Å². The molecule has 19 heavy (non-hydrogen) atoms. The van der Waals surface area contributed by atoms with Crippen LogP contribution in [0.3, 0.4) is 0 Å². The van der Waals surface area contributed by atoms with Gasteiger partial charge in [0, 0.05) is 12.0 Å². The molecule has 0 bridgehead atoms. The lowest BCUT2D eigenvalue weighted by Gasteiger charge is -2.56. The van der Waals surface area contributed by atoms with Crippen LogP contribution in [0.5, 0.6) is 0 Å². The monoisotopic (exact) mass is 267 g/mol. The molecule has 2 nitrogen and oxygen atoms in total. The largest absolute Gasteiger partial charge is 0.389 e. The van der Waals surface area contributed by atoms with Gasteiger partial charge in [0.15, 0.2) is 0 Å². The van der Waals surface area contributed by atoms with Gasteiger partial charge in [-0.2, -0.15) is 0 Å². The standard InChI is InChI=1S/C17H33NO/c1-13-8-10-16(11-13,12-18)17(19)9-6-5-7-14(17)15(2,3)4/h13-14,19H,5-12,18H2,1-4H3.